The van der Waals surface area contributed by atoms with Crippen LogP contribution in [0.4, 0.5) is 0 Å². The normalized spacial score (nSPS) is 12.3. The molecule has 0 radical (unpaired) electrons. The maximum Gasteiger partial charge on any atom is 0.374 e. The third-order valence-electron chi connectivity index (χ3n) is 3.25. The summed E-state index contributed by atoms with van der Waals surface area (Å²) in [6.45, 7) is 1.78. The Balaban J connectivity index is 1.81. The number of carbonyl (C=O) groups excluding carboxylic acids is 1. The molecule has 3 rings (SSSR count). The van der Waals surface area contributed by atoms with Crippen molar-refractivity contribution in [1.29, 1.82) is 0 Å². The summed E-state index contributed by atoms with van der Waals surface area (Å²) in [4.78, 5) is 12.2. The largest absolute Gasteiger partial charge is 0.452 e. The van der Waals surface area contributed by atoms with Gasteiger partial charge in [-0.2, -0.15) is 0 Å². The van der Waals surface area contributed by atoms with E-state index in [0.717, 1.165) is 10.9 Å². The number of halogens is 1. The lowest BCUT2D eigenvalue weighted by Gasteiger charge is -2.13. The molecule has 0 saturated carbocycles. The van der Waals surface area contributed by atoms with E-state index in [9.17, 15) is 4.79 Å². The summed E-state index contributed by atoms with van der Waals surface area (Å²) in [5, 5.41) is 1.44. The number of rotatable bonds is 3. The van der Waals surface area contributed by atoms with Crippen LogP contribution in [0.1, 0.15) is 29.1 Å². The van der Waals surface area contributed by atoms with Gasteiger partial charge in [-0.1, -0.05) is 48.0 Å². The highest BCUT2D eigenvalue weighted by Crippen LogP contribution is 2.27. The molecule has 21 heavy (non-hydrogen) atoms. The van der Waals surface area contributed by atoms with Crippen LogP contribution >= 0.6 is 11.6 Å². The topological polar surface area (TPSA) is 39.4 Å². The summed E-state index contributed by atoms with van der Waals surface area (Å²) in [7, 11) is 0. The van der Waals surface area contributed by atoms with Gasteiger partial charge in [-0.05, 0) is 25.1 Å². The molecule has 0 N–H and O–H groups in total. The molecule has 0 fully saturated rings. The molecule has 0 aliphatic rings. The number of ether oxygens (including phenoxy) is 1. The van der Waals surface area contributed by atoms with Gasteiger partial charge in [0.1, 0.15) is 11.7 Å². The Hall–Kier alpha value is -2.26. The van der Waals surface area contributed by atoms with Gasteiger partial charge >= 0.3 is 5.97 Å². The lowest BCUT2D eigenvalue weighted by molar-refractivity contribution is 0.0304. The fraction of sp³-hybridized carbons (Fsp3) is 0.118. The monoisotopic (exact) mass is 300 g/mol. The zero-order valence-corrected chi connectivity index (χ0v) is 12.1. The standard InChI is InChI=1S/C17H13ClO3/c1-11(13-7-3-4-8-14(13)18)20-17(19)16-10-12-6-2-5-9-15(12)21-16/h2-11H,1H3/t11-/m1/s1. The lowest BCUT2D eigenvalue weighted by Crippen LogP contribution is -2.08. The first kappa shape index (κ1) is 13.7. The number of esters is 1. The van der Waals surface area contributed by atoms with Crippen molar-refractivity contribution in [3.63, 3.8) is 0 Å². The summed E-state index contributed by atoms with van der Waals surface area (Å²) < 4.78 is 10.9. The first-order chi connectivity index (χ1) is 10.1. The molecule has 4 heteroatoms. The molecular weight excluding hydrogens is 288 g/mol. The van der Waals surface area contributed by atoms with E-state index in [1.807, 2.05) is 42.5 Å². The first-order valence-corrected chi connectivity index (χ1v) is 6.97. The highest BCUT2D eigenvalue weighted by Gasteiger charge is 2.19. The van der Waals surface area contributed by atoms with Gasteiger partial charge in [0.15, 0.2) is 0 Å². The third kappa shape index (κ3) is 2.78. The van der Waals surface area contributed by atoms with Gasteiger partial charge in [-0.25, -0.2) is 4.79 Å². The lowest BCUT2D eigenvalue weighted by atomic mass is 10.1. The molecule has 0 aliphatic carbocycles. The molecule has 0 spiro atoms. The van der Waals surface area contributed by atoms with Crippen LogP contribution in [0.5, 0.6) is 0 Å². The van der Waals surface area contributed by atoms with E-state index in [0.29, 0.717) is 10.6 Å². The summed E-state index contributed by atoms with van der Waals surface area (Å²) in [5.74, 6) is -0.311. The molecule has 2 aromatic carbocycles. The quantitative estimate of drug-likeness (QED) is 0.639. The highest BCUT2D eigenvalue weighted by molar-refractivity contribution is 6.31. The Morgan fingerprint density at radius 3 is 2.62 bits per heavy atom. The predicted molar refractivity (Wildman–Crippen MR) is 81.5 cm³/mol. The van der Waals surface area contributed by atoms with Crippen molar-refractivity contribution in [2.45, 2.75) is 13.0 Å². The number of benzene rings is 2. The van der Waals surface area contributed by atoms with Crippen molar-refractivity contribution in [1.82, 2.24) is 0 Å². The molecule has 1 heterocycles. The van der Waals surface area contributed by atoms with Crippen molar-refractivity contribution in [3.8, 4) is 0 Å². The average molecular weight is 301 g/mol. The van der Waals surface area contributed by atoms with Gasteiger partial charge in [-0.15, -0.1) is 0 Å². The molecule has 106 valence electrons. The van der Waals surface area contributed by atoms with Crippen LogP contribution in [-0.2, 0) is 4.74 Å². The zero-order valence-electron chi connectivity index (χ0n) is 11.4. The summed E-state index contributed by atoms with van der Waals surface area (Å²) >= 11 is 6.10. The number of carbonyl (C=O) groups is 1. The van der Waals surface area contributed by atoms with Gasteiger partial charge in [0.25, 0.3) is 0 Å². The Morgan fingerprint density at radius 2 is 1.86 bits per heavy atom. The fourth-order valence-corrected chi connectivity index (χ4v) is 2.46. The van der Waals surface area contributed by atoms with E-state index >= 15 is 0 Å². The van der Waals surface area contributed by atoms with E-state index in [4.69, 9.17) is 20.8 Å². The van der Waals surface area contributed by atoms with Crippen LogP contribution < -0.4 is 0 Å². The van der Waals surface area contributed by atoms with E-state index < -0.39 is 12.1 Å². The molecule has 0 bridgehead atoms. The van der Waals surface area contributed by atoms with E-state index in [1.165, 1.54) is 0 Å². The zero-order chi connectivity index (χ0) is 14.8. The Morgan fingerprint density at radius 1 is 1.14 bits per heavy atom. The van der Waals surface area contributed by atoms with Gasteiger partial charge in [0.2, 0.25) is 5.76 Å². The minimum Gasteiger partial charge on any atom is -0.452 e. The molecule has 0 unspecified atom stereocenters. The number of furan rings is 1. The average Bonchev–Trinajstić information content (AvgIpc) is 2.91. The third-order valence-corrected chi connectivity index (χ3v) is 3.60. The van der Waals surface area contributed by atoms with Crippen molar-refractivity contribution in [2.75, 3.05) is 0 Å². The van der Waals surface area contributed by atoms with Gasteiger partial charge in [0, 0.05) is 16.0 Å². The van der Waals surface area contributed by atoms with Crippen molar-refractivity contribution < 1.29 is 13.9 Å². The fourth-order valence-electron chi connectivity index (χ4n) is 2.17. The molecule has 0 aliphatic heterocycles. The van der Waals surface area contributed by atoms with E-state index in [-0.39, 0.29) is 5.76 Å². The maximum absolute atomic E-state index is 12.2. The molecular formula is C17H13ClO3. The van der Waals surface area contributed by atoms with Crippen LogP contribution in [-0.4, -0.2) is 5.97 Å². The molecule has 0 amide bonds. The second kappa shape index (κ2) is 5.62. The van der Waals surface area contributed by atoms with E-state index in [2.05, 4.69) is 0 Å². The Labute approximate surface area is 127 Å². The van der Waals surface area contributed by atoms with Crippen molar-refractivity contribution in [3.05, 3.63) is 70.9 Å². The van der Waals surface area contributed by atoms with Crippen LogP contribution in [0, 0.1) is 0 Å². The number of fused-ring (bicyclic) bond motifs is 1. The summed E-state index contributed by atoms with van der Waals surface area (Å²) in [5.41, 5.74) is 1.43. The van der Waals surface area contributed by atoms with Crippen LogP contribution in [0.3, 0.4) is 0 Å². The first-order valence-electron chi connectivity index (χ1n) is 6.59. The van der Waals surface area contributed by atoms with Crippen molar-refractivity contribution >= 4 is 28.5 Å². The molecule has 0 saturated heterocycles. The maximum atomic E-state index is 12.2. The summed E-state index contributed by atoms with van der Waals surface area (Å²) in [6, 6.07) is 16.4. The van der Waals surface area contributed by atoms with E-state index in [1.54, 1.807) is 19.1 Å². The second-order valence-corrected chi connectivity index (χ2v) is 5.12. The minimum absolute atomic E-state index is 0.190. The smallest absolute Gasteiger partial charge is 0.374 e. The van der Waals surface area contributed by atoms with Gasteiger partial charge in [-0.3, -0.25) is 0 Å². The Bertz CT molecular complexity index is 758. The Kier molecular flexibility index (Phi) is 3.67. The molecule has 3 aromatic rings. The molecule has 1 atom stereocenters. The molecule has 1 aromatic heterocycles. The SMILES string of the molecule is C[C@@H](OC(=O)c1cc2ccccc2o1)c1ccccc1Cl. The van der Waals surface area contributed by atoms with Crippen molar-refractivity contribution in [2.24, 2.45) is 0 Å². The van der Waals surface area contributed by atoms with Crippen LogP contribution in [0.25, 0.3) is 11.0 Å². The van der Waals surface area contributed by atoms with Gasteiger partial charge < -0.3 is 9.15 Å². The number of hydrogen-bond donors (Lipinski definition) is 0. The van der Waals surface area contributed by atoms with Crippen LogP contribution in [0.2, 0.25) is 5.02 Å². The highest BCUT2D eigenvalue weighted by atomic mass is 35.5. The predicted octanol–water partition coefficient (Wildman–Crippen LogP) is 5.00. The molecule has 3 nitrogen and oxygen atoms in total. The summed E-state index contributed by atoms with van der Waals surface area (Å²) in [6.07, 6.45) is -0.445. The number of para-hydroxylation sites is 1. The number of hydrogen-bond acceptors (Lipinski definition) is 3. The second-order valence-electron chi connectivity index (χ2n) is 4.72. The van der Waals surface area contributed by atoms with Gasteiger partial charge in [0.05, 0.1) is 0 Å². The van der Waals surface area contributed by atoms with Crippen LogP contribution in [0.15, 0.2) is 59.0 Å². The minimum atomic E-state index is -0.501.